The van der Waals surface area contributed by atoms with E-state index in [0.29, 0.717) is 23.4 Å². The summed E-state index contributed by atoms with van der Waals surface area (Å²) in [4.78, 5) is 12.1. The van der Waals surface area contributed by atoms with Crippen LogP contribution in [-0.4, -0.2) is 15.6 Å². The second-order valence-electron chi connectivity index (χ2n) is 3.99. The lowest BCUT2D eigenvalue weighted by Gasteiger charge is -2.05. The molecule has 0 radical (unpaired) electrons. The molecule has 94 valence electrons. The quantitative estimate of drug-likeness (QED) is 0.803. The molecule has 0 N–H and O–H groups in total. The molecule has 5 heteroatoms. The number of aromatic nitrogens is 2. The van der Waals surface area contributed by atoms with Crippen LogP contribution < -0.4 is 0 Å². The van der Waals surface area contributed by atoms with Crippen molar-refractivity contribution in [3.63, 3.8) is 0 Å². The van der Waals surface area contributed by atoms with Crippen LogP contribution in [0.1, 0.15) is 22.5 Å². The van der Waals surface area contributed by atoms with Gasteiger partial charge in [0.05, 0.1) is 0 Å². The van der Waals surface area contributed by atoms with Crippen LogP contribution in [0.25, 0.3) is 0 Å². The number of aryl methyl sites for hydroxylation is 2. The van der Waals surface area contributed by atoms with Gasteiger partial charge >= 0.3 is 0 Å². The molecule has 0 unspecified atom stereocenters. The summed E-state index contributed by atoms with van der Waals surface area (Å²) in [6, 6.07) is 7.13. The fourth-order valence-electron chi connectivity index (χ4n) is 1.74. The SMILES string of the molecule is Cn1nccc1CCC(=O)c1ccc(Cl)cc1Br. The highest BCUT2D eigenvalue weighted by Gasteiger charge is 2.11. The lowest BCUT2D eigenvalue weighted by molar-refractivity contribution is 0.0981. The van der Waals surface area contributed by atoms with Gasteiger partial charge in [-0.1, -0.05) is 11.6 Å². The Morgan fingerprint density at radius 1 is 1.44 bits per heavy atom. The number of ketones is 1. The number of Topliss-reactive ketones (excluding diaryl/α,β-unsaturated/α-hetero) is 1. The second kappa shape index (κ2) is 5.67. The number of carbonyl (C=O) groups excluding carboxylic acids is 1. The molecule has 2 rings (SSSR count). The van der Waals surface area contributed by atoms with Crippen molar-refractivity contribution in [1.82, 2.24) is 9.78 Å². The molecule has 0 fully saturated rings. The topological polar surface area (TPSA) is 34.9 Å². The highest BCUT2D eigenvalue weighted by Crippen LogP contribution is 2.23. The number of carbonyl (C=O) groups is 1. The average molecular weight is 328 g/mol. The van der Waals surface area contributed by atoms with Crippen molar-refractivity contribution in [3.8, 4) is 0 Å². The van der Waals surface area contributed by atoms with Crippen LogP contribution in [0.3, 0.4) is 0 Å². The van der Waals surface area contributed by atoms with Crippen LogP contribution in [-0.2, 0) is 13.5 Å². The molecule has 0 amide bonds. The smallest absolute Gasteiger partial charge is 0.164 e. The van der Waals surface area contributed by atoms with Gasteiger partial charge < -0.3 is 0 Å². The molecule has 1 aromatic carbocycles. The van der Waals surface area contributed by atoms with Crippen LogP contribution in [0.4, 0.5) is 0 Å². The van der Waals surface area contributed by atoms with E-state index in [1.54, 1.807) is 29.1 Å². The van der Waals surface area contributed by atoms with Gasteiger partial charge in [-0.25, -0.2) is 0 Å². The Bertz CT molecular complexity index is 580. The minimum absolute atomic E-state index is 0.0970. The number of benzene rings is 1. The summed E-state index contributed by atoms with van der Waals surface area (Å²) in [5.41, 5.74) is 1.72. The summed E-state index contributed by atoms with van der Waals surface area (Å²) in [6.07, 6.45) is 2.88. The fourth-order valence-corrected chi connectivity index (χ4v) is 2.64. The summed E-state index contributed by atoms with van der Waals surface area (Å²) in [7, 11) is 1.87. The van der Waals surface area contributed by atoms with Gasteiger partial charge in [-0.15, -0.1) is 0 Å². The summed E-state index contributed by atoms with van der Waals surface area (Å²) in [5, 5.41) is 4.69. The summed E-state index contributed by atoms with van der Waals surface area (Å²) in [5.74, 6) is 0.0970. The van der Waals surface area contributed by atoms with Crippen molar-refractivity contribution in [2.75, 3.05) is 0 Å². The second-order valence-corrected chi connectivity index (χ2v) is 5.28. The third-order valence-electron chi connectivity index (χ3n) is 2.76. The molecule has 0 atom stereocenters. The van der Waals surface area contributed by atoms with E-state index in [0.717, 1.165) is 10.2 Å². The zero-order valence-electron chi connectivity index (χ0n) is 9.86. The number of halogens is 2. The van der Waals surface area contributed by atoms with Gasteiger partial charge in [-0.2, -0.15) is 5.10 Å². The summed E-state index contributed by atoms with van der Waals surface area (Å²) < 4.78 is 2.52. The number of nitrogens with zero attached hydrogens (tertiary/aromatic N) is 2. The predicted molar refractivity (Wildman–Crippen MR) is 75.0 cm³/mol. The van der Waals surface area contributed by atoms with E-state index in [1.165, 1.54) is 0 Å². The van der Waals surface area contributed by atoms with Gasteiger partial charge in [0.25, 0.3) is 0 Å². The first kappa shape index (κ1) is 13.3. The van der Waals surface area contributed by atoms with Gasteiger partial charge in [0, 0.05) is 40.4 Å². The predicted octanol–water partition coefficient (Wildman–Crippen LogP) is 3.65. The van der Waals surface area contributed by atoms with Crippen molar-refractivity contribution >= 4 is 33.3 Å². The minimum atomic E-state index is 0.0970. The molecule has 0 saturated carbocycles. The Labute approximate surface area is 119 Å². The van der Waals surface area contributed by atoms with Gasteiger partial charge in [0.1, 0.15) is 0 Å². The largest absolute Gasteiger partial charge is 0.294 e. The van der Waals surface area contributed by atoms with Gasteiger partial charge in [0.2, 0.25) is 0 Å². The summed E-state index contributed by atoms with van der Waals surface area (Å²) in [6.45, 7) is 0. The molecular weight excluding hydrogens is 316 g/mol. The number of rotatable bonds is 4. The summed E-state index contributed by atoms with van der Waals surface area (Å²) >= 11 is 9.21. The maximum atomic E-state index is 12.1. The van der Waals surface area contributed by atoms with E-state index in [1.807, 2.05) is 13.1 Å². The van der Waals surface area contributed by atoms with Gasteiger partial charge in [-0.05, 0) is 46.6 Å². The molecular formula is C13H12BrClN2O. The van der Waals surface area contributed by atoms with Crippen LogP contribution in [0.5, 0.6) is 0 Å². The average Bonchev–Trinajstić information content (AvgIpc) is 2.72. The Morgan fingerprint density at radius 3 is 2.83 bits per heavy atom. The number of hydrogen-bond acceptors (Lipinski definition) is 2. The molecule has 0 aliphatic heterocycles. The molecule has 2 aromatic rings. The van der Waals surface area contributed by atoms with Crippen molar-refractivity contribution in [1.29, 1.82) is 0 Å². The van der Waals surface area contributed by atoms with Crippen molar-refractivity contribution in [3.05, 3.63) is 51.2 Å². The van der Waals surface area contributed by atoms with Crippen molar-refractivity contribution in [2.24, 2.45) is 7.05 Å². The normalized spacial score (nSPS) is 10.6. The lowest BCUT2D eigenvalue weighted by atomic mass is 10.1. The Morgan fingerprint density at radius 2 is 2.22 bits per heavy atom. The highest BCUT2D eigenvalue weighted by atomic mass is 79.9. The maximum absolute atomic E-state index is 12.1. The molecule has 0 spiro atoms. The monoisotopic (exact) mass is 326 g/mol. The molecule has 0 aliphatic carbocycles. The third-order valence-corrected chi connectivity index (χ3v) is 3.65. The van der Waals surface area contributed by atoms with Crippen LogP contribution in [0.2, 0.25) is 5.02 Å². The minimum Gasteiger partial charge on any atom is -0.294 e. The number of hydrogen-bond donors (Lipinski definition) is 0. The zero-order valence-corrected chi connectivity index (χ0v) is 12.2. The van der Waals surface area contributed by atoms with E-state index >= 15 is 0 Å². The zero-order chi connectivity index (χ0) is 13.1. The first-order chi connectivity index (χ1) is 8.58. The van der Waals surface area contributed by atoms with Gasteiger partial charge in [0.15, 0.2) is 5.78 Å². The van der Waals surface area contributed by atoms with E-state index in [4.69, 9.17) is 11.6 Å². The van der Waals surface area contributed by atoms with E-state index in [2.05, 4.69) is 21.0 Å². The molecule has 1 heterocycles. The van der Waals surface area contributed by atoms with Crippen molar-refractivity contribution in [2.45, 2.75) is 12.8 Å². The molecule has 0 bridgehead atoms. The highest BCUT2D eigenvalue weighted by molar-refractivity contribution is 9.10. The first-order valence-corrected chi connectivity index (χ1v) is 6.70. The third kappa shape index (κ3) is 3.00. The van der Waals surface area contributed by atoms with Crippen molar-refractivity contribution < 1.29 is 4.79 Å². The van der Waals surface area contributed by atoms with Gasteiger partial charge in [-0.3, -0.25) is 9.48 Å². The standard InChI is InChI=1S/C13H12BrClN2O/c1-17-10(6-7-16-17)3-5-13(18)11-4-2-9(15)8-12(11)14/h2,4,6-8H,3,5H2,1H3. The fraction of sp³-hybridized carbons (Fsp3) is 0.231. The van der Waals surface area contributed by atoms with E-state index < -0.39 is 0 Å². The molecule has 0 saturated heterocycles. The van der Waals surface area contributed by atoms with Crippen LogP contribution in [0.15, 0.2) is 34.9 Å². The Balaban J connectivity index is 2.06. The van der Waals surface area contributed by atoms with Crippen LogP contribution >= 0.6 is 27.5 Å². The molecule has 0 aliphatic rings. The Hall–Kier alpha value is -1.13. The molecule has 3 nitrogen and oxygen atoms in total. The Kier molecular flexibility index (Phi) is 4.19. The van der Waals surface area contributed by atoms with E-state index in [-0.39, 0.29) is 5.78 Å². The lowest BCUT2D eigenvalue weighted by Crippen LogP contribution is -2.05. The van der Waals surface area contributed by atoms with E-state index in [9.17, 15) is 4.79 Å². The first-order valence-electron chi connectivity index (χ1n) is 5.53. The molecule has 1 aromatic heterocycles. The molecule has 18 heavy (non-hydrogen) atoms. The maximum Gasteiger partial charge on any atom is 0.164 e. The van der Waals surface area contributed by atoms with Crippen LogP contribution in [0, 0.1) is 0 Å².